The highest BCUT2D eigenvalue weighted by molar-refractivity contribution is 4.38. The van der Waals surface area contributed by atoms with Crippen molar-refractivity contribution in [1.82, 2.24) is 0 Å². The van der Waals surface area contributed by atoms with Crippen LogP contribution in [0.3, 0.4) is 0 Å². The average Bonchev–Trinajstić information content (AvgIpc) is 2.03. The Kier molecular flexibility index (Phi) is 14.5. The van der Waals surface area contributed by atoms with E-state index in [1.54, 1.807) is 14.0 Å². The Morgan fingerprint density at radius 3 is 1.60 bits per heavy atom. The molecule has 0 amide bonds. The normalized spacial score (nSPS) is 11.7. The van der Waals surface area contributed by atoms with Crippen molar-refractivity contribution in [3.05, 3.63) is 0 Å². The maximum absolute atomic E-state index is 8.21. The fourth-order valence-electron chi connectivity index (χ4n) is 0.0745. The zero-order valence-corrected chi connectivity index (χ0v) is 6.45. The lowest BCUT2D eigenvalue weighted by atomic mass is 10.4. The zero-order valence-electron chi connectivity index (χ0n) is 6.45. The van der Waals surface area contributed by atoms with E-state index in [1.165, 1.54) is 0 Å². The van der Waals surface area contributed by atoms with Gasteiger partial charge in [0.05, 0.1) is 25.9 Å². The van der Waals surface area contributed by atoms with Gasteiger partial charge in [-0.3, -0.25) is 0 Å². The third-order valence-corrected chi connectivity index (χ3v) is 0.759. The molecular weight excluding hydrogens is 136 g/mol. The summed E-state index contributed by atoms with van der Waals surface area (Å²) in [5.41, 5.74) is 0. The summed E-state index contributed by atoms with van der Waals surface area (Å²) in [6, 6.07) is 0. The van der Waals surface area contributed by atoms with Crippen molar-refractivity contribution in [2.45, 2.75) is 13.0 Å². The molecule has 0 saturated heterocycles. The van der Waals surface area contributed by atoms with Gasteiger partial charge in [0, 0.05) is 7.11 Å². The molecular formula is C6H16O4. The molecule has 3 N–H and O–H groups in total. The SMILES string of the molecule is COC(C)CO.OCCO. The Balaban J connectivity index is 0. The van der Waals surface area contributed by atoms with Crippen LogP contribution in [-0.4, -0.2) is 48.4 Å². The summed E-state index contributed by atoms with van der Waals surface area (Å²) >= 11 is 0. The molecule has 10 heavy (non-hydrogen) atoms. The topological polar surface area (TPSA) is 69.9 Å². The van der Waals surface area contributed by atoms with E-state index in [0.29, 0.717) is 0 Å². The fraction of sp³-hybridized carbons (Fsp3) is 1.00. The molecule has 0 rings (SSSR count). The first-order chi connectivity index (χ1) is 4.72. The molecule has 1 atom stereocenters. The van der Waals surface area contributed by atoms with Gasteiger partial charge in [0.2, 0.25) is 0 Å². The summed E-state index contributed by atoms with van der Waals surface area (Å²) in [6.45, 7) is 1.66. The Morgan fingerprint density at radius 1 is 1.20 bits per heavy atom. The lowest BCUT2D eigenvalue weighted by Crippen LogP contribution is -2.08. The maximum atomic E-state index is 8.21. The number of aliphatic hydroxyl groups is 3. The second-order valence-corrected chi connectivity index (χ2v) is 1.68. The van der Waals surface area contributed by atoms with Crippen LogP contribution in [0.25, 0.3) is 0 Å². The molecule has 1 unspecified atom stereocenters. The van der Waals surface area contributed by atoms with E-state index in [-0.39, 0.29) is 25.9 Å². The van der Waals surface area contributed by atoms with Gasteiger partial charge in [-0.25, -0.2) is 0 Å². The summed E-state index contributed by atoms with van der Waals surface area (Å²) in [5, 5.41) is 23.5. The van der Waals surface area contributed by atoms with E-state index >= 15 is 0 Å². The minimum absolute atomic E-state index is 0.00926. The third-order valence-electron chi connectivity index (χ3n) is 0.759. The van der Waals surface area contributed by atoms with Gasteiger partial charge in [-0.2, -0.15) is 0 Å². The van der Waals surface area contributed by atoms with Crippen LogP contribution in [0.15, 0.2) is 0 Å². The van der Waals surface area contributed by atoms with E-state index < -0.39 is 0 Å². The molecule has 0 saturated carbocycles. The first kappa shape index (κ1) is 12.5. The van der Waals surface area contributed by atoms with Crippen molar-refractivity contribution in [1.29, 1.82) is 0 Å². The number of aliphatic hydroxyl groups excluding tert-OH is 3. The van der Waals surface area contributed by atoms with Gasteiger partial charge in [-0.1, -0.05) is 0 Å². The zero-order chi connectivity index (χ0) is 8.41. The molecule has 0 radical (unpaired) electrons. The van der Waals surface area contributed by atoms with Crippen LogP contribution in [0.2, 0.25) is 0 Å². The Labute approximate surface area is 61.1 Å². The van der Waals surface area contributed by atoms with Crippen molar-refractivity contribution >= 4 is 0 Å². The van der Waals surface area contributed by atoms with Gasteiger partial charge in [0.15, 0.2) is 0 Å². The fourth-order valence-corrected chi connectivity index (χ4v) is 0.0745. The first-order valence-electron chi connectivity index (χ1n) is 3.08. The summed E-state index contributed by atoms with van der Waals surface area (Å²) in [5.74, 6) is 0. The molecule has 64 valence electrons. The number of hydrogen-bond donors (Lipinski definition) is 3. The van der Waals surface area contributed by atoms with Crippen LogP contribution in [-0.2, 0) is 4.74 Å². The predicted molar refractivity (Wildman–Crippen MR) is 37.7 cm³/mol. The number of methoxy groups -OCH3 is 1. The van der Waals surface area contributed by atoms with Crippen molar-refractivity contribution in [2.75, 3.05) is 26.9 Å². The second kappa shape index (κ2) is 11.6. The van der Waals surface area contributed by atoms with Crippen molar-refractivity contribution in [3.63, 3.8) is 0 Å². The molecule has 0 bridgehead atoms. The molecule has 0 heterocycles. The largest absolute Gasteiger partial charge is 0.394 e. The minimum atomic E-state index is -0.125. The number of hydrogen-bond acceptors (Lipinski definition) is 4. The highest BCUT2D eigenvalue weighted by atomic mass is 16.5. The quantitative estimate of drug-likeness (QED) is 0.484. The summed E-state index contributed by atoms with van der Waals surface area (Å²) in [6.07, 6.45) is -0.00926. The summed E-state index contributed by atoms with van der Waals surface area (Å²) in [7, 11) is 1.57. The molecule has 0 aliphatic heterocycles. The van der Waals surface area contributed by atoms with Gasteiger partial charge in [-0.05, 0) is 6.92 Å². The molecule has 0 spiro atoms. The Morgan fingerprint density at radius 2 is 1.60 bits per heavy atom. The maximum Gasteiger partial charge on any atom is 0.0773 e. The van der Waals surface area contributed by atoms with E-state index in [4.69, 9.17) is 15.3 Å². The molecule has 0 aromatic carbocycles. The monoisotopic (exact) mass is 152 g/mol. The molecule has 4 nitrogen and oxygen atoms in total. The number of ether oxygens (including phenoxy) is 1. The van der Waals surface area contributed by atoms with Crippen molar-refractivity contribution < 1.29 is 20.1 Å². The van der Waals surface area contributed by atoms with Crippen molar-refractivity contribution in [2.24, 2.45) is 0 Å². The average molecular weight is 152 g/mol. The highest BCUT2D eigenvalue weighted by Gasteiger charge is 1.90. The first-order valence-corrected chi connectivity index (χ1v) is 3.08. The van der Waals surface area contributed by atoms with E-state index in [1.807, 2.05) is 0 Å². The molecule has 0 aromatic heterocycles. The van der Waals surface area contributed by atoms with Crippen LogP contribution in [0.1, 0.15) is 6.92 Å². The molecule has 0 fully saturated rings. The summed E-state index contributed by atoms with van der Waals surface area (Å²) in [4.78, 5) is 0. The van der Waals surface area contributed by atoms with Crippen LogP contribution in [0, 0.1) is 0 Å². The minimum Gasteiger partial charge on any atom is -0.394 e. The smallest absolute Gasteiger partial charge is 0.0773 e. The molecule has 0 aromatic rings. The van der Waals surface area contributed by atoms with Crippen LogP contribution in [0.4, 0.5) is 0 Å². The van der Waals surface area contributed by atoms with Crippen LogP contribution < -0.4 is 0 Å². The van der Waals surface area contributed by atoms with Gasteiger partial charge in [0.25, 0.3) is 0 Å². The van der Waals surface area contributed by atoms with Crippen LogP contribution >= 0.6 is 0 Å². The van der Waals surface area contributed by atoms with E-state index in [2.05, 4.69) is 4.74 Å². The number of rotatable bonds is 3. The second-order valence-electron chi connectivity index (χ2n) is 1.68. The molecule has 0 aliphatic carbocycles. The van der Waals surface area contributed by atoms with E-state index in [9.17, 15) is 0 Å². The van der Waals surface area contributed by atoms with Gasteiger partial charge in [-0.15, -0.1) is 0 Å². The summed E-state index contributed by atoms with van der Waals surface area (Å²) < 4.78 is 4.65. The van der Waals surface area contributed by atoms with Gasteiger partial charge in [0.1, 0.15) is 0 Å². The molecule has 4 heteroatoms. The third kappa shape index (κ3) is 15.7. The van der Waals surface area contributed by atoms with Crippen molar-refractivity contribution in [3.8, 4) is 0 Å². The van der Waals surface area contributed by atoms with Crippen LogP contribution in [0.5, 0.6) is 0 Å². The van der Waals surface area contributed by atoms with Gasteiger partial charge < -0.3 is 20.1 Å². The highest BCUT2D eigenvalue weighted by Crippen LogP contribution is 1.80. The van der Waals surface area contributed by atoms with E-state index in [0.717, 1.165) is 0 Å². The van der Waals surface area contributed by atoms with Gasteiger partial charge >= 0.3 is 0 Å². The Hall–Kier alpha value is -0.160. The standard InChI is InChI=1S/C4H10O2.C2H6O2/c1-4(3-5)6-2;3-1-2-4/h4-5H,3H2,1-2H3;3-4H,1-2H2. The Bertz CT molecular complexity index is 43.0. The predicted octanol–water partition coefficient (Wildman–Crippen LogP) is -1.02. The lowest BCUT2D eigenvalue weighted by molar-refractivity contribution is 0.0623. The lowest BCUT2D eigenvalue weighted by Gasteiger charge is -2.00. The molecule has 0 aliphatic rings.